The van der Waals surface area contributed by atoms with E-state index in [0.717, 1.165) is 17.8 Å². The number of unbranched alkanes of at least 4 members (excludes halogenated alkanes) is 4. The molecule has 0 amide bonds. The van der Waals surface area contributed by atoms with Gasteiger partial charge in [-0.1, -0.05) is 65.5 Å². The van der Waals surface area contributed by atoms with Crippen LogP contribution in [0.3, 0.4) is 0 Å². The molecule has 0 radical (unpaired) electrons. The van der Waals surface area contributed by atoms with E-state index in [-0.39, 0.29) is 0 Å². The fraction of sp³-hybridized carbons (Fsp3) is 0.882. The van der Waals surface area contributed by atoms with E-state index in [1.54, 1.807) is 0 Å². The van der Waals surface area contributed by atoms with E-state index < -0.39 is 0 Å². The second kappa shape index (κ2) is 10.9. The van der Waals surface area contributed by atoms with E-state index in [1.807, 2.05) is 0 Å². The lowest BCUT2D eigenvalue weighted by atomic mass is 9.85. The van der Waals surface area contributed by atoms with Crippen molar-refractivity contribution in [1.82, 2.24) is 0 Å². The van der Waals surface area contributed by atoms with Crippen LogP contribution in [0.2, 0.25) is 0 Å². The molecule has 0 heteroatoms. The van der Waals surface area contributed by atoms with Gasteiger partial charge in [0.2, 0.25) is 0 Å². The van der Waals surface area contributed by atoms with Crippen molar-refractivity contribution in [2.24, 2.45) is 17.8 Å². The first-order valence-electron chi connectivity index (χ1n) is 7.69. The standard InChI is InChI=1S/C17H34/c1-6-7-8-9-10-11-12-13-16(4)17(5)14-15(2)3/h6-7,15-17H,8-14H2,1-5H3. The van der Waals surface area contributed by atoms with Crippen LogP contribution in [0, 0.1) is 17.8 Å². The summed E-state index contributed by atoms with van der Waals surface area (Å²) in [6.45, 7) is 11.6. The lowest BCUT2D eigenvalue weighted by molar-refractivity contribution is 0.300. The summed E-state index contributed by atoms with van der Waals surface area (Å²) in [6, 6.07) is 0. The number of rotatable bonds is 10. The molecule has 0 fully saturated rings. The third-order valence-corrected chi connectivity index (χ3v) is 3.83. The highest BCUT2D eigenvalue weighted by molar-refractivity contribution is 4.76. The maximum absolute atomic E-state index is 2.44. The summed E-state index contributed by atoms with van der Waals surface area (Å²) in [5.74, 6) is 2.67. The molecule has 0 nitrogen and oxygen atoms in total. The molecule has 0 aliphatic carbocycles. The quantitative estimate of drug-likeness (QED) is 0.313. The highest BCUT2D eigenvalue weighted by atomic mass is 14.2. The van der Waals surface area contributed by atoms with Gasteiger partial charge in [-0.15, -0.1) is 0 Å². The average molecular weight is 238 g/mol. The number of hydrogen-bond donors (Lipinski definition) is 0. The Morgan fingerprint density at radius 2 is 1.47 bits per heavy atom. The number of hydrogen-bond acceptors (Lipinski definition) is 0. The van der Waals surface area contributed by atoms with Crippen molar-refractivity contribution in [3.63, 3.8) is 0 Å². The first kappa shape index (κ1) is 16.7. The van der Waals surface area contributed by atoms with Crippen molar-refractivity contribution in [2.45, 2.75) is 79.6 Å². The van der Waals surface area contributed by atoms with Crippen LogP contribution in [0.4, 0.5) is 0 Å². The Hall–Kier alpha value is -0.260. The molecule has 0 aliphatic rings. The molecule has 0 spiro atoms. The van der Waals surface area contributed by atoms with E-state index in [2.05, 4.69) is 46.8 Å². The Labute approximate surface area is 110 Å². The summed E-state index contributed by atoms with van der Waals surface area (Å²) >= 11 is 0. The Morgan fingerprint density at radius 1 is 0.824 bits per heavy atom. The second-order valence-electron chi connectivity index (χ2n) is 6.14. The molecule has 0 aromatic carbocycles. The van der Waals surface area contributed by atoms with E-state index >= 15 is 0 Å². The van der Waals surface area contributed by atoms with Gasteiger partial charge in [-0.2, -0.15) is 0 Å². The molecule has 2 unspecified atom stereocenters. The van der Waals surface area contributed by atoms with Crippen LogP contribution >= 0.6 is 0 Å². The SMILES string of the molecule is CC=CCCCCCCC(C)C(C)CC(C)C. The Balaban J connectivity index is 3.41. The molecular formula is C17H34. The Kier molecular flexibility index (Phi) is 10.7. The van der Waals surface area contributed by atoms with Gasteiger partial charge in [0.15, 0.2) is 0 Å². The first-order valence-corrected chi connectivity index (χ1v) is 7.69. The first-order chi connectivity index (χ1) is 8.07. The zero-order valence-corrected chi connectivity index (χ0v) is 12.8. The molecule has 17 heavy (non-hydrogen) atoms. The predicted octanol–water partition coefficient (Wildman–Crippen LogP) is 6.22. The zero-order valence-electron chi connectivity index (χ0n) is 12.8. The fourth-order valence-corrected chi connectivity index (χ4v) is 2.51. The normalized spacial score (nSPS) is 15.6. The Bertz CT molecular complexity index is 178. The second-order valence-corrected chi connectivity index (χ2v) is 6.14. The van der Waals surface area contributed by atoms with Crippen LogP contribution < -0.4 is 0 Å². The van der Waals surface area contributed by atoms with Gasteiger partial charge in [0.1, 0.15) is 0 Å². The molecule has 0 N–H and O–H groups in total. The summed E-state index contributed by atoms with van der Waals surface area (Å²) in [7, 11) is 0. The maximum Gasteiger partial charge on any atom is -0.0351 e. The topological polar surface area (TPSA) is 0 Å². The monoisotopic (exact) mass is 238 g/mol. The van der Waals surface area contributed by atoms with Crippen molar-refractivity contribution >= 4 is 0 Å². The van der Waals surface area contributed by atoms with Crippen molar-refractivity contribution in [1.29, 1.82) is 0 Å². The lowest BCUT2D eigenvalue weighted by Crippen LogP contribution is -2.10. The minimum atomic E-state index is 0.855. The summed E-state index contributed by atoms with van der Waals surface area (Å²) in [5, 5.41) is 0. The third kappa shape index (κ3) is 10.6. The van der Waals surface area contributed by atoms with Crippen LogP contribution in [-0.2, 0) is 0 Å². The van der Waals surface area contributed by atoms with Gasteiger partial charge < -0.3 is 0 Å². The van der Waals surface area contributed by atoms with Crippen LogP contribution in [0.25, 0.3) is 0 Å². The van der Waals surface area contributed by atoms with Crippen LogP contribution in [0.1, 0.15) is 79.6 Å². The van der Waals surface area contributed by atoms with Gasteiger partial charge in [0.25, 0.3) is 0 Å². The van der Waals surface area contributed by atoms with Gasteiger partial charge in [-0.3, -0.25) is 0 Å². The van der Waals surface area contributed by atoms with Crippen molar-refractivity contribution < 1.29 is 0 Å². The molecule has 0 aromatic heterocycles. The minimum Gasteiger partial charge on any atom is -0.0917 e. The van der Waals surface area contributed by atoms with E-state index in [4.69, 9.17) is 0 Å². The summed E-state index contributed by atoms with van der Waals surface area (Å²) in [6.07, 6.45) is 14.2. The molecule has 0 aliphatic heterocycles. The molecule has 0 saturated carbocycles. The van der Waals surface area contributed by atoms with E-state index in [0.29, 0.717) is 0 Å². The van der Waals surface area contributed by atoms with Gasteiger partial charge >= 0.3 is 0 Å². The molecule has 0 saturated heterocycles. The zero-order chi connectivity index (χ0) is 13.1. The Morgan fingerprint density at radius 3 is 2.06 bits per heavy atom. The minimum absolute atomic E-state index is 0.855. The van der Waals surface area contributed by atoms with E-state index in [9.17, 15) is 0 Å². The van der Waals surface area contributed by atoms with Crippen LogP contribution in [0.5, 0.6) is 0 Å². The van der Waals surface area contributed by atoms with Crippen LogP contribution in [0.15, 0.2) is 12.2 Å². The van der Waals surface area contributed by atoms with Crippen molar-refractivity contribution in [2.75, 3.05) is 0 Å². The largest absolute Gasteiger partial charge is 0.0917 e. The summed E-state index contributed by atoms with van der Waals surface area (Å²) in [5.41, 5.74) is 0. The van der Waals surface area contributed by atoms with Gasteiger partial charge in [0.05, 0.1) is 0 Å². The summed E-state index contributed by atoms with van der Waals surface area (Å²) in [4.78, 5) is 0. The van der Waals surface area contributed by atoms with Gasteiger partial charge in [0, 0.05) is 0 Å². The third-order valence-electron chi connectivity index (χ3n) is 3.83. The van der Waals surface area contributed by atoms with Crippen LogP contribution in [-0.4, -0.2) is 0 Å². The molecular weight excluding hydrogens is 204 g/mol. The maximum atomic E-state index is 2.44. The molecule has 2 atom stereocenters. The molecule has 0 rings (SSSR count). The van der Waals surface area contributed by atoms with E-state index in [1.165, 1.54) is 44.9 Å². The van der Waals surface area contributed by atoms with Crippen molar-refractivity contribution in [3.05, 3.63) is 12.2 Å². The number of allylic oxidation sites excluding steroid dienone is 2. The molecule has 0 aromatic rings. The predicted molar refractivity (Wildman–Crippen MR) is 80.3 cm³/mol. The highest BCUT2D eigenvalue weighted by Crippen LogP contribution is 2.24. The fourth-order valence-electron chi connectivity index (χ4n) is 2.51. The average Bonchev–Trinajstić information content (AvgIpc) is 2.26. The van der Waals surface area contributed by atoms with Gasteiger partial charge in [-0.05, 0) is 43.9 Å². The lowest BCUT2D eigenvalue weighted by Gasteiger charge is -2.21. The van der Waals surface area contributed by atoms with Gasteiger partial charge in [-0.25, -0.2) is 0 Å². The smallest absolute Gasteiger partial charge is 0.0351 e. The summed E-state index contributed by atoms with van der Waals surface area (Å²) < 4.78 is 0. The molecule has 0 heterocycles. The van der Waals surface area contributed by atoms with Crippen molar-refractivity contribution in [3.8, 4) is 0 Å². The molecule has 0 bridgehead atoms. The highest BCUT2D eigenvalue weighted by Gasteiger charge is 2.12. The molecule has 102 valence electrons.